The molecule has 5 nitrogen and oxygen atoms in total. The van der Waals surface area contributed by atoms with E-state index in [2.05, 4.69) is 5.10 Å². The van der Waals surface area contributed by atoms with E-state index in [1.807, 2.05) is 13.8 Å². The van der Waals surface area contributed by atoms with Crippen LogP contribution in [0.15, 0.2) is 11.0 Å². The first-order valence-electron chi connectivity index (χ1n) is 5.52. The molecule has 16 heavy (non-hydrogen) atoms. The highest BCUT2D eigenvalue weighted by atomic mass is 16.5. The summed E-state index contributed by atoms with van der Waals surface area (Å²) in [5, 5.41) is 3.90. The van der Waals surface area contributed by atoms with Gasteiger partial charge in [-0.25, -0.2) is 4.68 Å². The second-order valence-corrected chi connectivity index (χ2v) is 3.46. The van der Waals surface area contributed by atoms with Crippen molar-refractivity contribution >= 4 is 0 Å². The minimum absolute atomic E-state index is 0.257. The standard InChI is InChI=1S/C11H18N2O3/c1-4-6-15-9-8-12-13(3)11(14)10(9)16-7-5-2/h8H,4-7H2,1-3H3. The Kier molecular flexibility index (Phi) is 4.82. The summed E-state index contributed by atoms with van der Waals surface area (Å²) < 4.78 is 12.1. The van der Waals surface area contributed by atoms with Crippen molar-refractivity contribution in [3.05, 3.63) is 16.6 Å². The third-order valence-corrected chi connectivity index (χ3v) is 1.97. The Balaban J connectivity index is 2.96. The molecule has 0 amide bonds. The average molecular weight is 226 g/mol. The topological polar surface area (TPSA) is 53.4 Å². The lowest BCUT2D eigenvalue weighted by Crippen LogP contribution is -2.22. The van der Waals surface area contributed by atoms with E-state index in [1.54, 1.807) is 7.05 Å². The van der Waals surface area contributed by atoms with Crippen molar-refractivity contribution < 1.29 is 9.47 Å². The number of ether oxygens (including phenoxy) is 2. The van der Waals surface area contributed by atoms with Crippen LogP contribution < -0.4 is 15.0 Å². The van der Waals surface area contributed by atoms with Crippen LogP contribution in [0, 0.1) is 0 Å². The van der Waals surface area contributed by atoms with Gasteiger partial charge in [0.25, 0.3) is 0 Å². The SMILES string of the molecule is CCCOc1cnn(C)c(=O)c1OCCC. The molecule has 0 aliphatic carbocycles. The monoisotopic (exact) mass is 226 g/mol. The first-order chi connectivity index (χ1) is 7.70. The van der Waals surface area contributed by atoms with E-state index in [0.717, 1.165) is 12.8 Å². The number of rotatable bonds is 6. The molecule has 0 aliphatic rings. The molecule has 0 bridgehead atoms. The lowest BCUT2D eigenvalue weighted by molar-refractivity contribution is 0.260. The lowest BCUT2D eigenvalue weighted by Gasteiger charge is -2.11. The van der Waals surface area contributed by atoms with Gasteiger partial charge in [0.15, 0.2) is 5.75 Å². The van der Waals surface area contributed by atoms with Gasteiger partial charge in [-0.05, 0) is 12.8 Å². The van der Waals surface area contributed by atoms with E-state index in [-0.39, 0.29) is 11.3 Å². The van der Waals surface area contributed by atoms with Gasteiger partial charge < -0.3 is 9.47 Å². The highest BCUT2D eigenvalue weighted by Gasteiger charge is 2.12. The van der Waals surface area contributed by atoms with Crippen molar-refractivity contribution in [1.29, 1.82) is 0 Å². The maximum Gasteiger partial charge on any atom is 0.312 e. The van der Waals surface area contributed by atoms with Gasteiger partial charge in [-0.2, -0.15) is 5.10 Å². The number of hydrogen-bond donors (Lipinski definition) is 0. The van der Waals surface area contributed by atoms with Crippen LogP contribution in [0.1, 0.15) is 26.7 Å². The van der Waals surface area contributed by atoms with Gasteiger partial charge in [0.1, 0.15) is 0 Å². The molecule has 0 N–H and O–H groups in total. The van der Waals surface area contributed by atoms with Crippen molar-refractivity contribution in [1.82, 2.24) is 9.78 Å². The summed E-state index contributed by atoms with van der Waals surface area (Å²) in [4.78, 5) is 11.8. The van der Waals surface area contributed by atoms with E-state index in [4.69, 9.17) is 9.47 Å². The average Bonchev–Trinajstić information content (AvgIpc) is 2.29. The van der Waals surface area contributed by atoms with Crippen LogP contribution in [0.2, 0.25) is 0 Å². The molecule has 0 atom stereocenters. The molecule has 0 aliphatic heterocycles. The van der Waals surface area contributed by atoms with Crippen LogP contribution in [0.5, 0.6) is 11.5 Å². The predicted molar refractivity (Wildman–Crippen MR) is 61.1 cm³/mol. The molecule has 0 radical (unpaired) electrons. The molecule has 0 aromatic carbocycles. The van der Waals surface area contributed by atoms with Gasteiger partial charge in [-0.15, -0.1) is 0 Å². The number of aromatic nitrogens is 2. The van der Waals surface area contributed by atoms with Crippen LogP contribution in [0.4, 0.5) is 0 Å². The number of nitrogens with zero attached hydrogens (tertiary/aromatic N) is 2. The Hall–Kier alpha value is -1.52. The molecule has 0 unspecified atom stereocenters. The zero-order valence-corrected chi connectivity index (χ0v) is 10.0. The molecule has 0 saturated carbocycles. The van der Waals surface area contributed by atoms with Crippen LogP contribution in [-0.4, -0.2) is 23.0 Å². The van der Waals surface area contributed by atoms with Gasteiger partial charge in [-0.3, -0.25) is 4.79 Å². The third kappa shape index (κ3) is 2.98. The van der Waals surface area contributed by atoms with Gasteiger partial charge in [0.2, 0.25) is 5.75 Å². The van der Waals surface area contributed by atoms with E-state index in [9.17, 15) is 4.79 Å². The van der Waals surface area contributed by atoms with E-state index >= 15 is 0 Å². The second-order valence-electron chi connectivity index (χ2n) is 3.46. The zero-order chi connectivity index (χ0) is 12.0. The van der Waals surface area contributed by atoms with Gasteiger partial charge in [-0.1, -0.05) is 13.8 Å². The van der Waals surface area contributed by atoms with Crippen LogP contribution in [-0.2, 0) is 7.05 Å². The van der Waals surface area contributed by atoms with Crippen molar-refractivity contribution in [3.8, 4) is 11.5 Å². The normalized spacial score (nSPS) is 10.2. The summed E-state index contributed by atoms with van der Waals surface area (Å²) in [6, 6.07) is 0. The van der Waals surface area contributed by atoms with Crippen molar-refractivity contribution in [2.45, 2.75) is 26.7 Å². The summed E-state index contributed by atoms with van der Waals surface area (Å²) in [5.74, 6) is 0.686. The first kappa shape index (κ1) is 12.5. The molecule has 0 fully saturated rings. The third-order valence-electron chi connectivity index (χ3n) is 1.97. The summed E-state index contributed by atoms with van der Waals surface area (Å²) in [7, 11) is 1.59. The summed E-state index contributed by atoms with van der Waals surface area (Å²) >= 11 is 0. The Morgan fingerprint density at radius 1 is 1.25 bits per heavy atom. The van der Waals surface area contributed by atoms with Crippen molar-refractivity contribution in [2.75, 3.05) is 13.2 Å². The van der Waals surface area contributed by atoms with E-state index in [1.165, 1.54) is 10.9 Å². The maximum absolute atomic E-state index is 11.8. The fourth-order valence-electron chi connectivity index (χ4n) is 1.15. The molecule has 1 aromatic heterocycles. The van der Waals surface area contributed by atoms with Crippen molar-refractivity contribution in [2.24, 2.45) is 7.05 Å². The predicted octanol–water partition coefficient (Wildman–Crippen LogP) is 1.36. The fraction of sp³-hybridized carbons (Fsp3) is 0.636. The molecular formula is C11H18N2O3. The molecule has 1 heterocycles. The van der Waals surface area contributed by atoms with Gasteiger partial charge >= 0.3 is 5.56 Å². The van der Waals surface area contributed by atoms with E-state index < -0.39 is 0 Å². The van der Waals surface area contributed by atoms with Crippen LogP contribution >= 0.6 is 0 Å². The van der Waals surface area contributed by atoms with E-state index in [0.29, 0.717) is 19.0 Å². The second kappa shape index (κ2) is 6.15. The zero-order valence-electron chi connectivity index (χ0n) is 10.0. The lowest BCUT2D eigenvalue weighted by atomic mass is 10.4. The summed E-state index contributed by atoms with van der Waals surface area (Å²) in [5.41, 5.74) is -0.262. The molecule has 0 saturated heterocycles. The minimum Gasteiger partial charge on any atom is -0.488 e. The molecule has 1 aromatic rings. The molecule has 5 heteroatoms. The molecule has 90 valence electrons. The Labute approximate surface area is 95.0 Å². The highest BCUT2D eigenvalue weighted by molar-refractivity contribution is 5.34. The smallest absolute Gasteiger partial charge is 0.312 e. The van der Waals surface area contributed by atoms with Gasteiger partial charge in [0.05, 0.1) is 19.4 Å². The van der Waals surface area contributed by atoms with Crippen LogP contribution in [0.25, 0.3) is 0 Å². The molecular weight excluding hydrogens is 208 g/mol. The van der Waals surface area contributed by atoms with Gasteiger partial charge in [0, 0.05) is 7.05 Å². The first-order valence-corrected chi connectivity index (χ1v) is 5.52. The number of hydrogen-bond acceptors (Lipinski definition) is 4. The highest BCUT2D eigenvalue weighted by Crippen LogP contribution is 2.21. The summed E-state index contributed by atoms with van der Waals surface area (Å²) in [6.45, 7) is 5.04. The molecule has 1 rings (SSSR count). The largest absolute Gasteiger partial charge is 0.488 e. The van der Waals surface area contributed by atoms with Crippen LogP contribution in [0.3, 0.4) is 0 Å². The molecule has 0 spiro atoms. The Morgan fingerprint density at radius 3 is 2.50 bits per heavy atom. The Bertz CT molecular complexity index is 387. The summed E-state index contributed by atoms with van der Waals surface area (Å²) in [6.07, 6.45) is 3.24. The quantitative estimate of drug-likeness (QED) is 0.735. The minimum atomic E-state index is -0.262. The van der Waals surface area contributed by atoms with Crippen molar-refractivity contribution in [3.63, 3.8) is 0 Å². The fourth-order valence-corrected chi connectivity index (χ4v) is 1.15. The maximum atomic E-state index is 11.8. The Morgan fingerprint density at radius 2 is 1.88 bits per heavy atom. The number of aryl methyl sites for hydroxylation is 1.